The second-order valence-corrected chi connectivity index (χ2v) is 3.65. The number of aromatic amines is 1. The van der Waals surface area contributed by atoms with Crippen LogP contribution in [0.5, 0.6) is 0 Å². The van der Waals surface area contributed by atoms with Gasteiger partial charge in [-0.1, -0.05) is 17.7 Å². The number of hydrogen-bond donors (Lipinski definition) is 2. The van der Waals surface area contributed by atoms with E-state index in [9.17, 15) is 13.9 Å². The van der Waals surface area contributed by atoms with Crippen LogP contribution in [0, 0.1) is 0 Å². The Kier molecular flexibility index (Phi) is 2.63. The van der Waals surface area contributed by atoms with Gasteiger partial charge in [0.15, 0.2) is 0 Å². The second-order valence-electron chi connectivity index (χ2n) is 3.21. The minimum Gasteiger partial charge on any atom is -0.382 e. The first-order chi connectivity index (χ1) is 7.09. The first-order valence-electron chi connectivity index (χ1n) is 4.32. The smallest absolute Gasteiger partial charge is 0.268 e. The van der Waals surface area contributed by atoms with Crippen LogP contribution in [0.25, 0.3) is 10.9 Å². The van der Waals surface area contributed by atoms with Gasteiger partial charge in [-0.3, -0.25) is 0 Å². The van der Waals surface area contributed by atoms with Crippen molar-refractivity contribution < 1.29 is 13.9 Å². The molecule has 1 atom stereocenters. The van der Waals surface area contributed by atoms with Crippen LogP contribution in [-0.2, 0) is 0 Å². The molecule has 2 N–H and O–H groups in total. The monoisotopic (exact) mass is 231 g/mol. The molecule has 80 valence electrons. The largest absolute Gasteiger partial charge is 0.382 e. The SMILES string of the molecule is OC(c1c[nH]c2cc(Cl)ccc12)C(F)F. The molecule has 5 heteroatoms. The summed E-state index contributed by atoms with van der Waals surface area (Å²) in [6.45, 7) is 0. The number of alkyl halides is 2. The van der Waals surface area contributed by atoms with E-state index in [1.165, 1.54) is 6.20 Å². The molecule has 0 amide bonds. The first-order valence-corrected chi connectivity index (χ1v) is 4.70. The zero-order chi connectivity index (χ0) is 11.0. The molecular weight excluding hydrogens is 224 g/mol. The van der Waals surface area contributed by atoms with Gasteiger partial charge in [0.1, 0.15) is 6.10 Å². The summed E-state index contributed by atoms with van der Waals surface area (Å²) in [5, 5.41) is 10.3. The molecule has 0 aliphatic rings. The Morgan fingerprint density at radius 1 is 1.33 bits per heavy atom. The minimum absolute atomic E-state index is 0.191. The normalized spacial score (nSPS) is 13.7. The quantitative estimate of drug-likeness (QED) is 0.819. The minimum atomic E-state index is -2.79. The summed E-state index contributed by atoms with van der Waals surface area (Å²) in [4.78, 5) is 2.79. The lowest BCUT2D eigenvalue weighted by Crippen LogP contribution is -2.06. The van der Waals surface area contributed by atoms with E-state index in [2.05, 4.69) is 4.98 Å². The van der Waals surface area contributed by atoms with Gasteiger partial charge in [-0.05, 0) is 12.1 Å². The fraction of sp³-hybridized carbons (Fsp3) is 0.200. The molecule has 1 unspecified atom stereocenters. The molecule has 2 aromatic rings. The Morgan fingerprint density at radius 3 is 2.73 bits per heavy atom. The Balaban J connectivity index is 2.54. The van der Waals surface area contributed by atoms with E-state index in [4.69, 9.17) is 11.6 Å². The average Bonchev–Trinajstić information content (AvgIpc) is 2.59. The molecule has 2 nitrogen and oxygen atoms in total. The molecule has 15 heavy (non-hydrogen) atoms. The molecule has 0 spiro atoms. The van der Waals surface area contributed by atoms with Crippen LogP contribution in [0.15, 0.2) is 24.4 Å². The van der Waals surface area contributed by atoms with Crippen LogP contribution in [0.3, 0.4) is 0 Å². The number of fused-ring (bicyclic) bond motifs is 1. The molecule has 0 aliphatic carbocycles. The molecule has 2 rings (SSSR count). The van der Waals surface area contributed by atoms with Crippen LogP contribution < -0.4 is 0 Å². The Hall–Kier alpha value is -1.13. The molecule has 1 heterocycles. The number of aliphatic hydroxyl groups excluding tert-OH is 1. The number of aromatic nitrogens is 1. The summed E-state index contributed by atoms with van der Waals surface area (Å²) >= 11 is 5.74. The number of aliphatic hydroxyl groups is 1. The molecule has 0 bridgehead atoms. The van der Waals surface area contributed by atoms with Gasteiger partial charge in [-0.15, -0.1) is 0 Å². The predicted molar refractivity (Wildman–Crippen MR) is 54.3 cm³/mol. The van der Waals surface area contributed by atoms with Gasteiger partial charge in [0, 0.05) is 27.7 Å². The number of halogens is 3. The van der Waals surface area contributed by atoms with E-state index in [1.807, 2.05) is 0 Å². The predicted octanol–water partition coefficient (Wildman–Crippen LogP) is 3.12. The fourth-order valence-electron chi connectivity index (χ4n) is 1.50. The van der Waals surface area contributed by atoms with Crippen molar-refractivity contribution >= 4 is 22.5 Å². The number of rotatable bonds is 2. The number of nitrogens with one attached hydrogen (secondary N) is 1. The van der Waals surface area contributed by atoms with Gasteiger partial charge < -0.3 is 10.1 Å². The Labute approximate surface area is 89.5 Å². The first kappa shape index (κ1) is 10.4. The highest BCUT2D eigenvalue weighted by atomic mass is 35.5. The van der Waals surface area contributed by atoms with Crippen LogP contribution in [0.2, 0.25) is 5.02 Å². The van der Waals surface area contributed by atoms with Crippen LogP contribution in [0.1, 0.15) is 11.7 Å². The molecular formula is C10H8ClF2NO. The summed E-state index contributed by atoms with van der Waals surface area (Å²) in [5.74, 6) is 0. The van der Waals surface area contributed by atoms with E-state index in [-0.39, 0.29) is 5.56 Å². The average molecular weight is 232 g/mol. The zero-order valence-electron chi connectivity index (χ0n) is 7.55. The van der Waals surface area contributed by atoms with E-state index >= 15 is 0 Å². The van der Waals surface area contributed by atoms with E-state index in [0.29, 0.717) is 15.9 Å². The number of benzene rings is 1. The maximum atomic E-state index is 12.3. The summed E-state index contributed by atoms with van der Waals surface area (Å²) in [6, 6.07) is 4.83. The highest BCUT2D eigenvalue weighted by Gasteiger charge is 2.22. The molecule has 0 saturated heterocycles. The van der Waals surface area contributed by atoms with Crippen LogP contribution >= 0.6 is 11.6 Å². The van der Waals surface area contributed by atoms with Crippen molar-refractivity contribution in [3.8, 4) is 0 Å². The molecule has 0 radical (unpaired) electrons. The summed E-state index contributed by atoms with van der Waals surface area (Å²) in [5.41, 5.74) is 0.828. The summed E-state index contributed by atoms with van der Waals surface area (Å²) in [6.07, 6.45) is -3.18. The fourth-order valence-corrected chi connectivity index (χ4v) is 1.67. The van der Waals surface area contributed by atoms with Crippen molar-refractivity contribution in [1.29, 1.82) is 0 Å². The summed E-state index contributed by atoms with van der Waals surface area (Å²) < 4.78 is 24.6. The third-order valence-corrected chi connectivity index (χ3v) is 2.47. The maximum absolute atomic E-state index is 12.3. The van der Waals surface area contributed by atoms with Crippen molar-refractivity contribution in [3.05, 3.63) is 35.0 Å². The Bertz CT molecular complexity index is 483. The number of H-pyrrole nitrogens is 1. The third kappa shape index (κ3) is 1.82. The van der Waals surface area contributed by atoms with Crippen molar-refractivity contribution in [2.45, 2.75) is 12.5 Å². The second kappa shape index (κ2) is 3.79. The van der Waals surface area contributed by atoms with Gasteiger partial charge in [-0.2, -0.15) is 0 Å². The van der Waals surface area contributed by atoms with Crippen molar-refractivity contribution in [2.24, 2.45) is 0 Å². The van der Waals surface area contributed by atoms with E-state index in [1.54, 1.807) is 18.2 Å². The molecule has 1 aromatic heterocycles. The molecule has 0 saturated carbocycles. The highest BCUT2D eigenvalue weighted by Crippen LogP contribution is 2.29. The van der Waals surface area contributed by atoms with Crippen LogP contribution in [-0.4, -0.2) is 16.5 Å². The van der Waals surface area contributed by atoms with Gasteiger partial charge >= 0.3 is 0 Å². The zero-order valence-corrected chi connectivity index (χ0v) is 8.30. The Morgan fingerprint density at radius 2 is 2.07 bits per heavy atom. The lowest BCUT2D eigenvalue weighted by molar-refractivity contribution is -0.00494. The van der Waals surface area contributed by atoms with Gasteiger partial charge in [0.25, 0.3) is 6.43 Å². The number of hydrogen-bond acceptors (Lipinski definition) is 1. The standard InChI is InChI=1S/C10H8ClF2NO/c11-5-1-2-6-7(9(15)10(12)13)4-14-8(6)3-5/h1-4,9-10,14-15H. The van der Waals surface area contributed by atoms with E-state index in [0.717, 1.165) is 0 Å². The molecule has 0 fully saturated rings. The van der Waals surface area contributed by atoms with Crippen molar-refractivity contribution in [3.63, 3.8) is 0 Å². The lowest BCUT2D eigenvalue weighted by Gasteiger charge is -2.07. The molecule has 0 aliphatic heterocycles. The van der Waals surface area contributed by atoms with Gasteiger partial charge in [0.05, 0.1) is 0 Å². The van der Waals surface area contributed by atoms with Crippen LogP contribution in [0.4, 0.5) is 8.78 Å². The van der Waals surface area contributed by atoms with Gasteiger partial charge in [0.2, 0.25) is 0 Å². The highest BCUT2D eigenvalue weighted by molar-refractivity contribution is 6.31. The maximum Gasteiger partial charge on any atom is 0.268 e. The molecule has 1 aromatic carbocycles. The van der Waals surface area contributed by atoms with Crippen molar-refractivity contribution in [2.75, 3.05) is 0 Å². The van der Waals surface area contributed by atoms with Crippen molar-refractivity contribution in [1.82, 2.24) is 4.98 Å². The lowest BCUT2D eigenvalue weighted by atomic mass is 10.1. The topological polar surface area (TPSA) is 36.0 Å². The summed E-state index contributed by atoms with van der Waals surface area (Å²) in [7, 11) is 0. The van der Waals surface area contributed by atoms with E-state index < -0.39 is 12.5 Å². The third-order valence-electron chi connectivity index (χ3n) is 2.23. The van der Waals surface area contributed by atoms with Gasteiger partial charge in [-0.25, -0.2) is 8.78 Å².